The molecule has 4 N–H and O–H groups in total. The number of phenols is 1. The molecule has 0 aliphatic heterocycles. The average molecular weight is 471 g/mol. The molecule has 0 radical (unpaired) electrons. The van der Waals surface area contributed by atoms with Crippen LogP contribution in [0.4, 0.5) is 5.69 Å². The predicted octanol–water partition coefficient (Wildman–Crippen LogP) is 4.16. The summed E-state index contributed by atoms with van der Waals surface area (Å²) in [6, 6.07) is 2.77. The van der Waals surface area contributed by atoms with Crippen molar-refractivity contribution < 1.29 is 21.8 Å². The molecule has 1 aromatic carbocycles. The summed E-state index contributed by atoms with van der Waals surface area (Å²) in [6.45, 7) is 3.57. The van der Waals surface area contributed by atoms with Gasteiger partial charge in [0.2, 0.25) is 0 Å². The first kappa shape index (κ1) is 25.8. The Hall–Kier alpha value is -1.23. The van der Waals surface area contributed by atoms with Crippen LogP contribution in [-0.4, -0.2) is 33.4 Å². The molecule has 0 spiro atoms. The van der Waals surface area contributed by atoms with Crippen LogP contribution in [0.1, 0.15) is 96.5 Å². The van der Waals surface area contributed by atoms with Crippen LogP contribution in [0.2, 0.25) is 0 Å². The van der Waals surface area contributed by atoms with Crippen molar-refractivity contribution in [2.45, 2.75) is 97.3 Å². The quantitative estimate of drug-likeness (QED) is 0.175. The molecule has 7 heteroatoms. The molecule has 166 valence electrons. The molecule has 1 aromatic rings. The summed E-state index contributed by atoms with van der Waals surface area (Å²) in [6.07, 6.45) is 15.2. The van der Waals surface area contributed by atoms with Gasteiger partial charge in [0.15, 0.2) is 0 Å². The number of unbranched alkanes of at least 4 members (excludes halogenated alkanes) is 11. The maximum absolute atomic E-state index is 11.7. The summed E-state index contributed by atoms with van der Waals surface area (Å²) in [5.41, 5.74) is 0.784. The van der Waals surface area contributed by atoms with E-state index >= 15 is 0 Å². The second-order valence-electron chi connectivity index (χ2n) is 7.87. The molecule has 0 heterocycles. The number of carbonyl (C=O) groups excluding carboxylic acids is 1. The van der Waals surface area contributed by atoms with Gasteiger partial charge in [0.05, 0.1) is 0 Å². The monoisotopic (exact) mass is 471 g/mol. The van der Waals surface area contributed by atoms with Crippen LogP contribution >= 0.6 is 0 Å². The van der Waals surface area contributed by atoms with Gasteiger partial charge in [-0.15, -0.1) is 0 Å². The minimum atomic E-state index is -5.29. The fourth-order valence-corrected chi connectivity index (χ4v) is 5.05. The Kier molecular flexibility index (Phi) is 12.4. The molecular formula is C22H38AsNO5. The summed E-state index contributed by atoms with van der Waals surface area (Å²) in [5, 5.41) is 12.8. The van der Waals surface area contributed by atoms with E-state index in [1.807, 2.05) is 0 Å². The van der Waals surface area contributed by atoms with Crippen molar-refractivity contribution in [3.63, 3.8) is 0 Å². The van der Waals surface area contributed by atoms with Crippen LogP contribution in [0, 0.1) is 0 Å². The van der Waals surface area contributed by atoms with Gasteiger partial charge in [-0.3, -0.25) is 0 Å². The van der Waals surface area contributed by atoms with Gasteiger partial charge in [-0.2, -0.15) is 0 Å². The summed E-state index contributed by atoms with van der Waals surface area (Å²) >= 11 is -5.29. The average Bonchev–Trinajstić information content (AvgIpc) is 2.63. The van der Waals surface area contributed by atoms with Gasteiger partial charge >= 0.3 is 145 Å². The Bertz CT molecular complexity index is 671. The van der Waals surface area contributed by atoms with E-state index in [0.717, 1.165) is 19.3 Å². The molecule has 0 saturated carbocycles. The number of carbonyl (C=O) groups is 1. The second-order valence-corrected chi connectivity index (χ2v) is 11.2. The second kappa shape index (κ2) is 13.9. The summed E-state index contributed by atoms with van der Waals surface area (Å²) in [7, 11) is 0. The topological polar surface area (TPSA) is 107 Å². The van der Waals surface area contributed by atoms with E-state index in [1.165, 1.54) is 70.8 Å². The predicted molar refractivity (Wildman–Crippen MR) is 118 cm³/mol. The first-order valence-corrected chi connectivity index (χ1v) is 14.3. The number of hydrogen-bond donors (Lipinski definition) is 4. The van der Waals surface area contributed by atoms with Gasteiger partial charge in [0, 0.05) is 0 Å². The summed E-state index contributed by atoms with van der Waals surface area (Å²) in [4.78, 5) is 11.3. The van der Waals surface area contributed by atoms with Crippen molar-refractivity contribution in [3.05, 3.63) is 17.7 Å². The first-order chi connectivity index (χ1) is 13.8. The zero-order valence-corrected chi connectivity index (χ0v) is 19.8. The molecule has 0 saturated heterocycles. The molecule has 0 bridgehead atoms. The molecule has 6 nitrogen and oxygen atoms in total. The fraction of sp³-hybridized carbons (Fsp3) is 0.682. The van der Waals surface area contributed by atoms with Gasteiger partial charge < -0.3 is 0 Å². The molecule has 0 aromatic heterocycles. The molecule has 1 rings (SSSR count). The van der Waals surface area contributed by atoms with Gasteiger partial charge in [-0.1, -0.05) is 32.6 Å². The van der Waals surface area contributed by atoms with Crippen LogP contribution in [-0.2, 0) is 15.0 Å². The zero-order chi connectivity index (χ0) is 21.7. The van der Waals surface area contributed by atoms with Crippen LogP contribution in [0.25, 0.3) is 0 Å². The number of anilines is 1. The molecule has 0 aliphatic carbocycles. The van der Waals surface area contributed by atoms with Gasteiger partial charge in [0.1, 0.15) is 0 Å². The van der Waals surface area contributed by atoms with Crippen LogP contribution in [0.15, 0.2) is 12.1 Å². The van der Waals surface area contributed by atoms with Crippen molar-refractivity contribution >= 4 is 30.1 Å². The van der Waals surface area contributed by atoms with Crippen molar-refractivity contribution in [2.75, 3.05) is 5.32 Å². The maximum atomic E-state index is 11.7. The molecule has 0 unspecified atom stereocenters. The minimum absolute atomic E-state index is 0.309. The summed E-state index contributed by atoms with van der Waals surface area (Å²) in [5.74, 6) is -0.661. The van der Waals surface area contributed by atoms with E-state index in [2.05, 4.69) is 12.2 Å². The standard InChI is InChI=1S/C22H38AsNO5/c1-3-4-5-6-7-8-9-10-11-12-13-14-15-19-16-20(24-18(2)25)17-21(22(19)26)23(27,28)29/h16-17,26H,3-15H2,1-2H3,(H,24,25)(H2,27,28,29). The number of nitrogens with one attached hydrogen (secondary N) is 1. The third-order valence-corrected chi connectivity index (χ3v) is 7.13. The molecule has 1 amide bonds. The van der Waals surface area contributed by atoms with Crippen LogP contribution in [0.3, 0.4) is 0 Å². The SMILES string of the molecule is CCCCCCCCCCCCCCc1cc(NC(C)=O)cc([As](=O)(O)O)c1O. The van der Waals surface area contributed by atoms with Gasteiger partial charge in [-0.25, -0.2) is 0 Å². The van der Waals surface area contributed by atoms with Gasteiger partial charge in [0.25, 0.3) is 0 Å². The van der Waals surface area contributed by atoms with E-state index in [-0.39, 0.29) is 16.0 Å². The Morgan fingerprint density at radius 3 is 1.83 bits per heavy atom. The number of aromatic hydroxyl groups is 1. The Balaban J connectivity index is 2.38. The van der Waals surface area contributed by atoms with E-state index in [0.29, 0.717) is 17.7 Å². The molecule has 29 heavy (non-hydrogen) atoms. The summed E-state index contributed by atoms with van der Waals surface area (Å²) < 4.78 is 30.4. The number of rotatable bonds is 15. The molecule has 0 aliphatic rings. The van der Waals surface area contributed by atoms with E-state index in [4.69, 9.17) is 0 Å². The van der Waals surface area contributed by atoms with Crippen molar-refractivity contribution in [2.24, 2.45) is 0 Å². The Morgan fingerprint density at radius 2 is 1.38 bits per heavy atom. The Labute approximate surface area is 178 Å². The first-order valence-electron chi connectivity index (χ1n) is 10.9. The van der Waals surface area contributed by atoms with Crippen LogP contribution < -0.4 is 9.67 Å². The molecule has 0 fully saturated rings. The van der Waals surface area contributed by atoms with Crippen molar-refractivity contribution in [1.29, 1.82) is 0 Å². The molecule has 0 atom stereocenters. The van der Waals surface area contributed by atoms with Crippen LogP contribution in [0.5, 0.6) is 5.75 Å². The van der Waals surface area contributed by atoms with Crippen molar-refractivity contribution in [1.82, 2.24) is 0 Å². The van der Waals surface area contributed by atoms with E-state index in [9.17, 15) is 21.8 Å². The van der Waals surface area contributed by atoms with E-state index in [1.54, 1.807) is 6.07 Å². The van der Waals surface area contributed by atoms with E-state index < -0.39 is 14.2 Å². The number of phenolic OH excluding ortho intramolecular Hbond substituents is 1. The Morgan fingerprint density at radius 1 is 0.897 bits per heavy atom. The van der Waals surface area contributed by atoms with Gasteiger partial charge in [-0.05, 0) is 0 Å². The fourth-order valence-electron chi connectivity index (χ4n) is 3.52. The number of benzene rings is 1. The molecular weight excluding hydrogens is 433 g/mol. The number of amides is 1. The van der Waals surface area contributed by atoms with Crippen molar-refractivity contribution in [3.8, 4) is 5.75 Å². The number of hydrogen-bond acceptors (Lipinski definition) is 3. The third kappa shape index (κ3) is 10.9. The normalized spacial score (nSPS) is 11.6. The number of aryl methyl sites for hydroxylation is 1. The zero-order valence-electron chi connectivity index (χ0n) is 18.0. The third-order valence-electron chi connectivity index (χ3n) is 5.10.